The van der Waals surface area contributed by atoms with E-state index in [4.69, 9.17) is 34.7 Å². The molecule has 2 aromatic carbocycles. The minimum Gasteiger partial charge on any atom is -0.384 e. The maximum atomic E-state index is 5.82. The molecule has 0 bridgehead atoms. The maximum absolute atomic E-state index is 5.82. The van der Waals surface area contributed by atoms with Crippen molar-refractivity contribution in [3.63, 3.8) is 0 Å². The van der Waals surface area contributed by atoms with Crippen LogP contribution in [0.15, 0.2) is 79.1 Å². The molecule has 4 N–H and O–H groups in total. The molecular weight excluding hydrogens is 439 g/mol. The summed E-state index contributed by atoms with van der Waals surface area (Å²) < 4.78 is 0. The van der Waals surface area contributed by atoms with Gasteiger partial charge in [0, 0.05) is 33.6 Å². The van der Waals surface area contributed by atoms with Gasteiger partial charge in [0.2, 0.25) is 0 Å². The zero-order chi connectivity index (χ0) is 20.8. The standard InChI is InChI=1S/C12H11ClN2.C11H9ClN2.3CH4/c1-8-6-10(7-15-12(8)14)9-2-4-11(13)5-3-9;12-10-4-1-8(2-5-10)9-3-6-11(13)14-7-9;;;/h2-7H,1H3,(H2,14,15);1-7H,(H2,13,14);3*1H4. The van der Waals surface area contributed by atoms with E-state index in [0.29, 0.717) is 11.6 Å². The first-order chi connectivity index (χ1) is 13.9. The minimum absolute atomic E-state index is 0. The van der Waals surface area contributed by atoms with Crippen molar-refractivity contribution in [1.82, 2.24) is 9.97 Å². The zero-order valence-corrected chi connectivity index (χ0v) is 17.3. The SMILES string of the molecule is C.C.C.Cc1cc(-c2ccc(Cl)cc2)cnc1N.Nc1ccc(-c2ccc(Cl)cc2)cn1. The molecule has 0 spiro atoms. The van der Waals surface area contributed by atoms with Crippen LogP contribution in [0.5, 0.6) is 0 Å². The van der Waals surface area contributed by atoms with Crippen LogP contribution in [0.25, 0.3) is 22.3 Å². The van der Waals surface area contributed by atoms with Gasteiger partial charge in [-0.1, -0.05) is 69.7 Å². The third-order valence-corrected chi connectivity index (χ3v) is 4.76. The Morgan fingerprint density at radius 1 is 0.594 bits per heavy atom. The molecule has 0 amide bonds. The van der Waals surface area contributed by atoms with Gasteiger partial charge in [0.1, 0.15) is 11.6 Å². The van der Waals surface area contributed by atoms with Crippen LogP contribution in [0.1, 0.15) is 27.8 Å². The quantitative estimate of drug-likeness (QED) is 0.309. The van der Waals surface area contributed by atoms with Crippen LogP contribution in [0, 0.1) is 6.92 Å². The van der Waals surface area contributed by atoms with Crippen molar-refractivity contribution in [3.05, 3.63) is 94.7 Å². The first-order valence-corrected chi connectivity index (χ1v) is 9.63. The topological polar surface area (TPSA) is 77.8 Å². The molecule has 2 heterocycles. The monoisotopic (exact) mass is 470 g/mol. The summed E-state index contributed by atoms with van der Waals surface area (Å²) in [4.78, 5) is 8.14. The van der Waals surface area contributed by atoms with Crippen LogP contribution in [-0.2, 0) is 0 Å². The summed E-state index contributed by atoms with van der Waals surface area (Å²) in [5.41, 5.74) is 16.4. The van der Waals surface area contributed by atoms with Gasteiger partial charge in [-0.2, -0.15) is 0 Å². The zero-order valence-electron chi connectivity index (χ0n) is 15.8. The summed E-state index contributed by atoms with van der Waals surface area (Å²) in [6, 6.07) is 21.0. The molecule has 0 unspecified atom stereocenters. The highest BCUT2D eigenvalue weighted by Gasteiger charge is 2.01. The number of nitrogens with two attached hydrogens (primary N) is 2. The molecular formula is C26H32Cl2N4. The number of rotatable bonds is 2. The van der Waals surface area contributed by atoms with E-state index >= 15 is 0 Å². The number of nitrogen functional groups attached to an aromatic ring is 2. The Kier molecular flexibility index (Phi) is 12.1. The molecule has 0 aliphatic rings. The fourth-order valence-corrected chi connectivity index (χ4v) is 2.86. The molecule has 0 saturated carbocycles. The summed E-state index contributed by atoms with van der Waals surface area (Å²) in [7, 11) is 0. The first kappa shape index (κ1) is 28.9. The van der Waals surface area contributed by atoms with Gasteiger partial charge in [-0.15, -0.1) is 0 Å². The normalized spacial score (nSPS) is 9.22. The Hall–Kier alpha value is -3.08. The number of aromatic nitrogens is 2. The number of pyridine rings is 2. The van der Waals surface area contributed by atoms with Gasteiger partial charge in [0.05, 0.1) is 0 Å². The average Bonchev–Trinajstić information content (AvgIpc) is 2.72. The summed E-state index contributed by atoms with van der Waals surface area (Å²) in [5, 5.41) is 1.47. The smallest absolute Gasteiger partial charge is 0.126 e. The van der Waals surface area contributed by atoms with E-state index in [1.165, 1.54) is 0 Å². The summed E-state index contributed by atoms with van der Waals surface area (Å²) >= 11 is 11.6. The third-order valence-electron chi connectivity index (χ3n) is 4.26. The summed E-state index contributed by atoms with van der Waals surface area (Å²) in [6.45, 7) is 1.95. The van der Waals surface area contributed by atoms with E-state index in [2.05, 4.69) is 9.97 Å². The number of benzene rings is 2. The molecule has 32 heavy (non-hydrogen) atoms. The van der Waals surface area contributed by atoms with Gasteiger partial charge in [-0.25, -0.2) is 9.97 Å². The molecule has 6 heteroatoms. The van der Waals surface area contributed by atoms with Gasteiger partial charge in [-0.05, 0) is 66.1 Å². The van der Waals surface area contributed by atoms with Crippen LogP contribution in [-0.4, -0.2) is 9.97 Å². The largest absolute Gasteiger partial charge is 0.384 e. The number of aryl methyl sites for hydroxylation is 1. The van der Waals surface area contributed by atoms with Crippen molar-refractivity contribution in [2.75, 3.05) is 11.5 Å². The van der Waals surface area contributed by atoms with Crippen LogP contribution in [0.2, 0.25) is 10.0 Å². The Morgan fingerprint density at radius 3 is 1.47 bits per heavy atom. The molecule has 4 rings (SSSR count). The molecule has 4 aromatic rings. The molecule has 4 nitrogen and oxygen atoms in total. The number of hydrogen-bond donors (Lipinski definition) is 2. The summed E-state index contributed by atoms with van der Waals surface area (Å²) in [6.07, 6.45) is 3.52. The Labute approximate surface area is 202 Å². The second-order valence-corrected chi connectivity index (χ2v) is 7.28. The molecule has 0 aliphatic heterocycles. The van der Waals surface area contributed by atoms with E-state index in [1.54, 1.807) is 18.5 Å². The van der Waals surface area contributed by atoms with E-state index in [9.17, 15) is 0 Å². The van der Waals surface area contributed by atoms with E-state index in [0.717, 1.165) is 37.9 Å². The second kappa shape index (κ2) is 13.4. The van der Waals surface area contributed by atoms with Crippen LogP contribution >= 0.6 is 23.2 Å². The van der Waals surface area contributed by atoms with Crippen LogP contribution < -0.4 is 11.5 Å². The number of hydrogen-bond acceptors (Lipinski definition) is 4. The molecule has 0 atom stereocenters. The number of nitrogens with zero attached hydrogens (tertiary/aromatic N) is 2. The predicted octanol–water partition coefficient (Wildman–Crippen LogP) is 8.19. The van der Waals surface area contributed by atoms with E-state index < -0.39 is 0 Å². The highest BCUT2D eigenvalue weighted by Crippen LogP contribution is 2.23. The lowest BCUT2D eigenvalue weighted by atomic mass is 10.1. The average molecular weight is 471 g/mol. The van der Waals surface area contributed by atoms with Crippen molar-refractivity contribution < 1.29 is 0 Å². The lowest BCUT2D eigenvalue weighted by Crippen LogP contribution is -1.93. The summed E-state index contributed by atoms with van der Waals surface area (Å²) in [5.74, 6) is 1.11. The number of halogens is 2. The molecule has 0 fully saturated rings. The van der Waals surface area contributed by atoms with E-state index in [1.807, 2.05) is 67.6 Å². The van der Waals surface area contributed by atoms with Gasteiger partial charge >= 0.3 is 0 Å². The van der Waals surface area contributed by atoms with Crippen LogP contribution in [0.3, 0.4) is 0 Å². The van der Waals surface area contributed by atoms with Crippen molar-refractivity contribution in [2.24, 2.45) is 0 Å². The second-order valence-electron chi connectivity index (χ2n) is 6.41. The van der Waals surface area contributed by atoms with E-state index in [-0.39, 0.29) is 22.3 Å². The van der Waals surface area contributed by atoms with Crippen molar-refractivity contribution in [2.45, 2.75) is 29.2 Å². The number of anilines is 2. The van der Waals surface area contributed by atoms with Crippen LogP contribution in [0.4, 0.5) is 11.6 Å². The van der Waals surface area contributed by atoms with Crippen molar-refractivity contribution in [1.29, 1.82) is 0 Å². The highest BCUT2D eigenvalue weighted by molar-refractivity contribution is 6.30. The van der Waals surface area contributed by atoms with Gasteiger partial charge < -0.3 is 11.5 Å². The maximum Gasteiger partial charge on any atom is 0.126 e. The molecule has 2 aromatic heterocycles. The fourth-order valence-electron chi connectivity index (χ4n) is 2.60. The highest BCUT2D eigenvalue weighted by atomic mass is 35.5. The van der Waals surface area contributed by atoms with Crippen molar-refractivity contribution >= 4 is 34.8 Å². The minimum atomic E-state index is 0. The fraction of sp³-hybridized carbons (Fsp3) is 0.154. The Morgan fingerprint density at radius 2 is 1.03 bits per heavy atom. The lowest BCUT2D eigenvalue weighted by molar-refractivity contribution is 1.28. The van der Waals surface area contributed by atoms with Crippen molar-refractivity contribution in [3.8, 4) is 22.3 Å². The van der Waals surface area contributed by atoms with Gasteiger partial charge in [0.25, 0.3) is 0 Å². The lowest BCUT2D eigenvalue weighted by Gasteiger charge is -2.04. The van der Waals surface area contributed by atoms with Gasteiger partial charge in [0.15, 0.2) is 0 Å². The predicted molar refractivity (Wildman–Crippen MR) is 143 cm³/mol. The molecule has 0 aliphatic carbocycles. The molecule has 0 radical (unpaired) electrons. The third kappa shape index (κ3) is 7.88. The Balaban J connectivity index is 0.000000550. The van der Waals surface area contributed by atoms with Gasteiger partial charge in [-0.3, -0.25) is 0 Å². The molecule has 170 valence electrons. The first-order valence-electron chi connectivity index (χ1n) is 8.88. The molecule has 0 saturated heterocycles. The Bertz CT molecular complexity index is 1030.